The van der Waals surface area contributed by atoms with E-state index in [-0.39, 0.29) is 10.6 Å². The summed E-state index contributed by atoms with van der Waals surface area (Å²) in [6, 6.07) is 10.8. The lowest BCUT2D eigenvalue weighted by Gasteiger charge is -2.08. The minimum absolute atomic E-state index is 0.255. The third-order valence-corrected chi connectivity index (χ3v) is 4.07. The van der Waals surface area contributed by atoms with E-state index in [2.05, 4.69) is 10.5 Å². The summed E-state index contributed by atoms with van der Waals surface area (Å²) in [6.07, 6.45) is 3.72. The molecule has 1 heterocycles. The fourth-order valence-corrected chi connectivity index (χ4v) is 2.56. The predicted molar refractivity (Wildman–Crippen MR) is 90.6 cm³/mol. The summed E-state index contributed by atoms with van der Waals surface area (Å²) in [4.78, 5) is 11.4. The Morgan fingerprint density at radius 1 is 1.14 bits per heavy atom. The van der Waals surface area contributed by atoms with Gasteiger partial charge in [0, 0.05) is 11.1 Å². The van der Waals surface area contributed by atoms with Gasteiger partial charge >= 0.3 is 0 Å². The average Bonchev–Trinajstić information content (AvgIpc) is 2.72. The molecule has 110 valence electrons. The Morgan fingerprint density at radius 3 is 2.68 bits per heavy atom. The van der Waals surface area contributed by atoms with Gasteiger partial charge < -0.3 is 5.73 Å². The van der Waals surface area contributed by atoms with Crippen LogP contribution in [0.5, 0.6) is 0 Å². The molecule has 0 spiro atoms. The van der Waals surface area contributed by atoms with E-state index in [1.807, 2.05) is 30.3 Å². The third-order valence-electron chi connectivity index (χ3n) is 3.27. The highest BCUT2D eigenvalue weighted by molar-refractivity contribution is 6.44. The van der Waals surface area contributed by atoms with Crippen LogP contribution in [0, 0.1) is 0 Å². The number of carbonyl (C=O) groups is 1. The third kappa shape index (κ3) is 2.71. The molecule has 0 saturated carbocycles. The Labute approximate surface area is 137 Å². The van der Waals surface area contributed by atoms with Gasteiger partial charge in [0.05, 0.1) is 21.4 Å². The molecule has 3 rings (SSSR count). The first-order valence-corrected chi connectivity index (χ1v) is 7.22. The minimum atomic E-state index is -0.575. The van der Waals surface area contributed by atoms with Crippen LogP contribution in [0.15, 0.2) is 47.6 Å². The van der Waals surface area contributed by atoms with Crippen molar-refractivity contribution in [1.29, 1.82) is 0 Å². The molecule has 0 aromatic heterocycles. The zero-order chi connectivity index (χ0) is 15.7. The monoisotopic (exact) mass is 331 g/mol. The second kappa shape index (κ2) is 5.83. The van der Waals surface area contributed by atoms with Crippen molar-refractivity contribution in [3.05, 3.63) is 69.2 Å². The van der Waals surface area contributed by atoms with Crippen LogP contribution in [-0.2, 0) is 0 Å². The Kier molecular flexibility index (Phi) is 3.88. The van der Waals surface area contributed by atoms with E-state index in [0.717, 1.165) is 11.3 Å². The van der Waals surface area contributed by atoms with Crippen LogP contribution in [0.2, 0.25) is 10.0 Å². The fourth-order valence-electron chi connectivity index (χ4n) is 2.14. The Hall–Kier alpha value is -2.30. The van der Waals surface area contributed by atoms with E-state index < -0.39 is 5.91 Å². The van der Waals surface area contributed by atoms with E-state index in [0.29, 0.717) is 16.3 Å². The number of hydrogen-bond donors (Lipinski definition) is 2. The van der Waals surface area contributed by atoms with Crippen molar-refractivity contribution >= 4 is 46.6 Å². The maximum Gasteiger partial charge on any atom is 0.248 e. The molecule has 22 heavy (non-hydrogen) atoms. The molecule has 0 saturated heterocycles. The van der Waals surface area contributed by atoms with E-state index >= 15 is 0 Å². The summed E-state index contributed by atoms with van der Waals surface area (Å²) in [7, 11) is 0. The number of nitrogens with two attached hydrogens (primary N) is 1. The zero-order valence-corrected chi connectivity index (χ0v) is 12.8. The van der Waals surface area contributed by atoms with E-state index in [1.54, 1.807) is 12.1 Å². The number of halogens is 2. The number of primary amides is 1. The smallest absolute Gasteiger partial charge is 0.248 e. The largest absolute Gasteiger partial charge is 0.366 e. The number of para-hydroxylation sites is 1. The number of nitrogens with zero attached hydrogens (tertiary/aromatic N) is 1. The molecule has 4 nitrogen and oxygen atoms in total. The molecule has 1 aliphatic rings. The van der Waals surface area contributed by atoms with Crippen LogP contribution in [0.1, 0.15) is 21.5 Å². The van der Waals surface area contributed by atoms with Crippen LogP contribution in [0.4, 0.5) is 5.69 Å². The van der Waals surface area contributed by atoms with Crippen molar-refractivity contribution < 1.29 is 4.79 Å². The number of rotatable bonds is 2. The first-order chi connectivity index (χ1) is 10.6. The number of fused-ring (bicyclic) bond motifs is 1. The number of carbonyl (C=O) groups excluding carboxylic acids is 1. The molecular formula is C16H11Cl2N3O. The first kappa shape index (κ1) is 14.6. The Bertz CT molecular complexity index is 828. The van der Waals surface area contributed by atoms with Crippen molar-refractivity contribution in [2.75, 3.05) is 5.43 Å². The van der Waals surface area contributed by atoms with Crippen molar-refractivity contribution in [2.45, 2.75) is 0 Å². The first-order valence-electron chi connectivity index (χ1n) is 6.46. The molecule has 2 aromatic carbocycles. The molecule has 0 aliphatic carbocycles. The highest BCUT2D eigenvalue weighted by Crippen LogP contribution is 2.30. The molecule has 2 aromatic rings. The van der Waals surface area contributed by atoms with Crippen LogP contribution in [-0.4, -0.2) is 11.6 Å². The highest BCUT2D eigenvalue weighted by atomic mass is 35.5. The van der Waals surface area contributed by atoms with Crippen molar-refractivity contribution in [3.63, 3.8) is 0 Å². The van der Waals surface area contributed by atoms with Crippen LogP contribution in [0.25, 0.3) is 6.08 Å². The molecule has 0 unspecified atom stereocenters. The summed E-state index contributed by atoms with van der Waals surface area (Å²) in [5, 5.41) is 4.90. The van der Waals surface area contributed by atoms with Gasteiger partial charge in [0.1, 0.15) is 0 Å². The molecular weight excluding hydrogens is 321 g/mol. The fraction of sp³-hybridized carbons (Fsp3) is 0. The van der Waals surface area contributed by atoms with E-state index in [4.69, 9.17) is 28.9 Å². The van der Waals surface area contributed by atoms with Crippen LogP contribution >= 0.6 is 23.2 Å². The highest BCUT2D eigenvalue weighted by Gasteiger charge is 2.15. The lowest BCUT2D eigenvalue weighted by atomic mass is 10.0. The van der Waals surface area contributed by atoms with Gasteiger partial charge in [0.2, 0.25) is 5.91 Å². The van der Waals surface area contributed by atoms with Gasteiger partial charge in [0.25, 0.3) is 0 Å². The van der Waals surface area contributed by atoms with E-state index in [1.165, 1.54) is 6.07 Å². The lowest BCUT2D eigenvalue weighted by molar-refractivity contribution is 0.100. The number of benzene rings is 2. The maximum atomic E-state index is 11.4. The van der Waals surface area contributed by atoms with Gasteiger partial charge in [-0.1, -0.05) is 47.5 Å². The number of hydrazone groups is 1. The van der Waals surface area contributed by atoms with E-state index in [9.17, 15) is 4.79 Å². The van der Waals surface area contributed by atoms with Crippen molar-refractivity contribution in [3.8, 4) is 0 Å². The summed E-state index contributed by atoms with van der Waals surface area (Å²) < 4.78 is 0. The Morgan fingerprint density at radius 2 is 1.91 bits per heavy atom. The van der Waals surface area contributed by atoms with Gasteiger partial charge in [-0.3, -0.25) is 10.2 Å². The normalized spacial score (nSPS) is 12.9. The molecule has 0 radical (unpaired) electrons. The topological polar surface area (TPSA) is 67.5 Å². The average molecular weight is 332 g/mol. The number of anilines is 1. The van der Waals surface area contributed by atoms with Crippen molar-refractivity contribution in [1.82, 2.24) is 0 Å². The van der Waals surface area contributed by atoms with Crippen LogP contribution in [0.3, 0.4) is 0 Å². The number of hydrogen-bond acceptors (Lipinski definition) is 3. The standard InChI is InChI=1S/C16H11Cl2N3O/c17-12-8-10(16(19)22)7-11(15(12)18)14-6-5-9-3-1-2-4-13(9)20-21-14/h1-8,20H,(H2,19,22). The summed E-state index contributed by atoms with van der Waals surface area (Å²) in [5.41, 5.74) is 11.5. The zero-order valence-electron chi connectivity index (χ0n) is 11.3. The van der Waals surface area contributed by atoms with Gasteiger partial charge in [-0.2, -0.15) is 5.10 Å². The molecule has 0 fully saturated rings. The SMILES string of the molecule is NC(=O)c1cc(Cl)c(Cl)c(C2=NNc3ccccc3C=C2)c1. The van der Waals surface area contributed by atoms with Crippen LogP contribution < -0.4 is 11.2 Å². The summed E-state index contributed by atoms with van der Waals surface area (Å²) in [5.74, 6) is -0.575. The molecule has 1 aliphatic heterocycles. The molecule has 6 heteroatoms. The second-order valence-corrected chi connectivity index (χ2v) is 5.50. The summed E-state index contributed by atoms with van der Waals surface area (Å²) in [6.45, 7) is 0. The number of allylic oxidation sites excluding steroid dienone is 1. The van der Waals surface area contributed by atoms with Gasteiger partial charge in [0.15, 0.2) is 0 Å². The Balaban J connectivity index is 2.09. The summed E-state index contributed by atoms with van der Waals surface area (Å²) >= 11 is 12.3. The lowest BCUT2D eigenvalue weighted by Crippen LogP contribution is -2.12. The number of nitrogens with one attached hydrogen (secondary N) is 1. The van der Waals surface area contributed by atoms with Gasteiger partial charge in [-0.05, 0) is 29.8 Å². The van der Waals surface area contributed by atoms with Gasteiger partial charge in [-0.25, -0.2) is 0 Å². The van der Waals surface area contributed by atoms with Crippen molar-refractivity contribution in [2.24, 2.45) is 10.8 Å². The number of amides is 1. The predicted octanol–water partition coefficient (Wildman–Crippen LogP) is 3.94. The maximum absolute atomic E-state index is 11.4. The van der Waals surface area contributed by atoms with Gasteiger partial charge in [-0.15, -0.1) is 0 Å². The molecule has 0 bridgehead atoms. The quantitative estimate of drug-likeness (QED) is 0.875. The second-order valence-electron chi connectivity index (χ2n) is 4.71. The molecule has 1 amide bonds. The minimum Gasteiger partial charge on any atom is -0.366 e. The molecule has 0 atom stereocenters. The molecule has 3 N–H and O–H groups in total.